The van der Waals surface area contributed by atoms with Gasteiger partial charge in [0.1, 0.15) is 0 Å². The van der Waals surface area contributed by atoms with Crippen molar-refractivity contribution in [2.24, 2.45) is 5.92 Å². The summed E-state index contributed by atoms with van der Waals surface area (Å²) >= 11 is 0. The summed E-state index contributed by atoms with van der Waals surface area (Å²) < 4.78 is 26.8. The molecule has 1 aromatic carbocycles. The van der Waals surface area contributed by atoms with Crippen LogP contribution in [0.1, 0.15) is 24.8 Å². The number of carbonyl (C=O) groups is 1. The Morgan fingerprint density at radius 1 is 1.17 bits per heavy atom. The summed E-state index contributed by atoms with van der Waals surface area (Å²) in [4.78, 5) is 12.6. The number of sulfonamides is 1. The summed E-state index contributed by atoms with van der Waals surface area (Å²) in [6.07, 6.45) is 2.13. The first kappa shape index (κ1) is 17.4. The van der Waals surface area contributed by atoms with Crippen molar-refractivity contribution in [3.8, 4) is 0 Å². The number of hydrogen-bond donors (Lipinski definition) is 2. The molecule has 0 aliphatic carbocycles. The fraction of sp³-hybridized carbons (Fsp3) is 0.588. The number of carbonyl (C=O) groups excluding carboxylic acids is 1. The third kappa shape index (κ3) is 3.79. The molecule has 0 bridgehead atoms. The van der Waals surface area contributed by atoms with Gasteiger partial charge in [0.25, 0.3) is 0 Å². The van der Waals surface area contributed by atoms with E-state index in [1.807, 2.05) is 19.1 Å². The Balaban J connectivity index is 1.57. The SMILES string of the molecule is Cc1ccc(S(=O)(=O)N2CCC(C(=O)NC3CCNC3)CC2)cc1. The zero-order valence-corrected chi connectivity index (χ0v) is 14.8. The molecule has 2 aliphatic heterocycles. The Kier molecular flexibility index (Phi) is 5.22. The van der Waals surface area contributed by atoms with Crippen LogP contribution in [0.5, 0.6) is 0 Å². The van der Waals surface area contributed by atoms with Crippen molar-refractivity contribution in [2.45, 2.75) is 37.1 Å². The van der Waals surface area contributed by atoms with Gasteiger partial charge in [-0.05, 0) is 44.9 Å². The molecule has 7 heteroatoms. The number of hydrogen-bond acceptors (Lipinski definition) is 4. The minimum atomic E-state index is -3.46. The highest BCUT2D eigenvalue weighted by molar-refractivity contribution is 7.89. The van der Waals surface area contributed by atoms with Gasteiger partial charge < -0.3 is 10.6 Å². The molecule has 2 heterocycles. The van der Waals surface area contributed by atoms with Gasteiger partial charge in [0, 0.05) is 31.6 Å². The smallest absolute Gasteiger partial charge is 0.243 e. The number of rotatable bonds is 4. The minimum absolute atomic E-state index is 0.0658. The van der Waals surface area contributed by atoms with Crippen LogP contribution >= 0.6 is 0 Å². The first-order valence-electron chi connectivity index (χ1n) is 8.55. The summed E-state index contributed by atoms with van der Waals surface area (Å²) in [7, 11) is -3.46. The molecule has 2 aliphatic rings. The second-order valence-electron chi connectivity index (χ2n) is 6.69. The molecule has 0 saturated carbocycles. The summed E-state index contributed by atoms with van der Waals surface area (Å²) in [5.41, 5.74) is 1.03. The number of amides is 1. The number of piperidine rings is 1. The van der Waals surface area contributed by atoms with Gasteiger partial charge in [0.15, 0.2) is 0 Å². The Bertz CT molecular complexity index is 674. The molecular formula is C17H25N3O3S. The monoisotopic (exact) mass is 351 g/mol. The maximum Gasteiger partial charge on any atom is 0.243 e. The van der Waals surface area contributed by atoms with Crippen LogP contribution < -0.4 is 10.6 Å². The molecule has 0 radical (unpaired) electrons. The largest absolute Gasteiger partial charge is 0.352 e. The van der Waals surface area contributed by atoms with Crippen LogP contribution in [0.3, 0.4) is 0 Å². The van der Waals surface area contributed by atoms with E-state index < -0.39 is 10.0 Å². The van der Waals surface area contributed by atoms with Crippen LogP contribution in [0.2, 0.25) is 0 Å². The van der Waals surface area contributed by atoms with Crippen molar-refractivity contribution >= 4 is 15.9 Å². The van der Waals surface area contributed by atoms with Gasteiger partial charge in [-0.1, -0.05) is 17.7 Å². The number of benzene rings is 1. The maximum atomic E-state index is 12.7. The number of nitrogens with zero attached hydrogens (tertiary/aromatic N) is 1. The average Bonchev–Trinajstić information content (AvgIpc) is 3.08. The van der Waals surface area contributed by atoms with Gasteiger partial charge in [-0.15, -0.1) is 0 Å². The molecule has 6 nitrogen and oxygen atoms in total. The van der Waals surface area contributed by atoms with Gasteiger partial charge in [-0.25, -0.2) is 8.42 Å². The van der Waals surface area contributed by atoms with Gasteiger partial charge in [-0.3, -0.25) is 4.79 Å². The lowest BCUT2D eigenvalue weighted by Crippen LogP contribution is -2.45. The summed E-state index contributed by atoms with van der Waals surface area (Å²) in [5.74, 6) is -0.0221. The second-order valence-corrected chi connectivity index (χ2v) is 8.63. The number of nitrogens with one attached hydrogen (secondary N) is 2. The lowest BCUT2D eigenvalue weighted by atomic mass is 9.97. The van der Waals surface area contributed by atoms with Gasteiger partial charge >= 0.3 is 0 Å². The molecule has 1 amide bonds. The summed E-state index contributed by atoms with van der Waals surface area (Å²) in [6, 6.07) is 7.13. The van der Waals surface area contributed by atoms with Crippen molar-refractivity contribution in [3.05, 3.63) is 29.8 Å². The Morgan fingerprint density at radius 2 is 1.83 bits per heavy atom. The van der Waals surface area contributed by atoms with Gasteiger partial charge in [-0.2, -0.15) is 4.31 Å². The molecule has 3 rings (SSSR count). The first-order valence-corrected chi connectivity index (χ1v) is 9.99. The molecule has 1 aromatic rings. The van der Waals surface area contributed by atoms with Crippen LogP contribution in [0.25, 0.3) is 0 Å². The molecule has 132 valence electrons. The van der Waals surface area contributed by atoms with Crippen LogP contribution in [-0.4, -0.2) is 50.9 Å². The molecule has 2 N–H and O–H groups in total. The van der Waals surface area contributed by atoms with Crippen molar-refractivity contribution in [2.75, 3.05) is 26.2 Å². The van der Waals surface area contributed by atoms with Crippen LogP contribution in [0.4, 0.5) is 0 Å². The van der Waals surface area contributed by atoms with Crippen molar-refractivity contribution in [1.82, 2.24) is 14.9 Å². The maximum absolute atomic E-state index is 12.7. The zero-order valence-electron chi connectivity index (χ0n) is 14.0. The molecule has 1 unspecified atom stereocenters. The summed E-state index contributed by atoms with van der Waals surface area (Å²) in [5, 5.41) is 6.30. The Hall–Kier alpha value is -1.44. The number of aryl methyl sites for hydroxylation is 1. The quantitative estimate of drug-likeness (QED) is 0.844. The van der Waals surface area contributed by atoms with E-state index in [1.165, 1.54) is 4.31 Å². The predicted octanol–water partition coefficient (Wildman–Crippen LogP) is 0.874. The fourth-order valence-corrected chi connectivity index (χ4v) is 4.78. The molecular weight excluding hydrogens is 326 g/mol. The molecule has 2 saturated heterocycles. The van der Waals surface area contributed by atoms with Crippen LogP contribution in [-0.2, 0) is 14.8 Å². The van der Waals surface area contributed by atoms with E-state index in [0.717, 1.165) is 25.1 Å². The van der Waals surface area contributed by atoms with E-state index >= 15 is 0 Å². The predicted molar refractivity (Wildman–Crippen MR) is 92.1 cm³/mol. The first-order chi connectivity index (χ1) is 11.5. The van der Waals surface area contributed by atoms with Crippen LogP contribution in [0, 0.1) is 12.8 Å². The van der Waals surface area contributed by atoms with E-state index in [4.69, 9.17) is 0 Å². The highest BCUT2D eigenvalue weighted by Crippen LogP contribution is 2.24. The Morgan fingerprint density at radius 3 is 2.42 bits per heavy atom. The normalized spacial score (nSPS) is 23.3. The lowest BCUT2D eigenvalue weighted by molar-refractivity contribution is -0.126. The van der Waals surface area contributed by atoms with E-state index in [-0.39, 0.29) is 17.9 Å². The highest BCUT2D eigenvalue weighted by Gasteiger charge is 2.32. The zero-order chi connectivity index (χ0) is 17.2. The van der Waals surface area contributed by atoms with E-state index in [1.54, 1.807) is 12.1 Å². The van der Waals surface area contributed by atoms with E-state index in [2.05, 4.69) is 10.6 Å². The van der Waals surface area contributed by atoms with Gasteiger partial charge in [0.2, 0.25) is 15.9 Å². The standard InChI is InChI=1S/C17H25N3O3S/c1-13-2-4-16(5-3-13)24(22,23)20-10-7-14(8-11-20)17(21)19-15-6-9-18-12-15/h2-5,14-15,18H,6-12H2,1H3,(H,19,21). The van der Waals surface area contributed by atoms with Crippen molar-refractivity contribution in [3.63, 3.8) is 0 Å². The topological polar surface area (TPSA) is 78.5 Å². The lowest BCUT2D eigenvalue weighted by Gasteiger charge is -2.31. The average molecular weight is 351 g/mol. The molecule has 24 heavy (non-hydrogen) atoms. The van der Waals surface area contributed by atoms with Gasteiger partial charge in [0.05, 0.1) is 4.90 Å². The van der Waals surface area contributed by atoms with Crippen LogP contribution in [0.15, 0.2) is 29.2 Å². The third-order valence-corrected chi connectivity index (χ3v) is 6.80. The molecule has 0 aromatic heterocycles. The van der Waals surface area contributed by atoms with E-state index in [9.17, 15) is 13.2 Å². The minimum Gasteiger partial charge on any atom is -0.352 e. The molecule has 0 spiro atoms. The molecule has 1 atom stereocenters. The highest BCUT2D eigenvalue weighted by atomic mass is 32.2. The summed E-state index contributed by atoms with van der Waals surface area (Å²) in [6.45, 7) is 4.50. The van der Waals surface area contributed by atoms with E-state index in [0.29, 0.717) is 30.8 Å². The third-order valence-electron chi connectivity index (χ3n) is 4.89. The second kappa shape index (κ2) is 7.21. The van der Waals surface area contributed by atoms with Crippen molar-refractivity contribution in [1.29, 1.82) is 0 Å². The molecule has 2 fully saturated rings. The Labute approximate surface area is 143 Å². The fourth-order valence-electron chi connectivity index (χ4n) is 3.31. The van der Waals surface area contributed by atoms with Crippen molar-refractivity contribution < 1.29 is 13.2 Å².